The summed E-state index contributed by atoms with van der Waals surface area (Å²) in [7, 11) is 0. The molecule has 1 heterocycles. The molecule has 1 aromatic carbocycles. The van der Waals surface area contributed by atoms with Gasteiger partial charge in [-0.1, -0.05) is 37.3 Å². The molecule has 16 heavy (non-hydrogen) atoms. The maximum Gasteiger partial charge on any atom is 0.311 e. The Kier molecular flexibility index (Phi) is 2.97. The van der Waals surface area contributed by atoms with Crippen LogP contribution in [0.1, 0.15) is 25.5 Å². The molecule has 2 rings (SSSR count). The van der Waals surface area contributed by atoms with E-state index in [0.717, 1.165) is 5.56 Å². The molecule has 0 spiro atoms. The van der Waals surface area contributed by atoms with E-state index < -0.39 is 12.0 Å². The van der Waals surface area contributed by atoms with Gasteiger partial charge in [0.05, 0.1) is 12.0 Å². The summed E-state index contributed by atoms with van der Waals surface area (Å²) in [5.41, 5.74) is 0.939. The predicted molar refractivity (Wildman–Crippen MR) is 59.6 cm³/mol. The van der Waals surface area contributed by atoms with E-state index in [1.807, 2.05) is 37.3 Å². The second-order valence-corrected chi connectivity index (χ2v) is 4.41. The number of rotatable bonds is 1. The minimum atomic E-state index is -0.633. The Morgan fingerprint density at radius 3 is 2.44 bits per heavy atom. The van der Waals surface area contributed by atoms with Crippen molar-refractivity contribution in [2.45, 2.75) is 26.1 Å². The lowest BCUT2D eigenvalue weighted by molar-refractivity contribution is -0.178. The molecule has 0 unspecified atom stereocenters. The summed E-state index contributed by atoms with van der Waals surface area (Å²) in [5, 5.41) is 9.95. The fourth-order valence-corrected chi connectivity index (χ4v) is 2.13. The van der Waals surface area contributed by atoms with E-state index in [9.17, 15) is 9.90 Å². The van der Waals surface area contributed by atoms with Gasteiger partial charge in [0.1, 0.15) is 6.10 Å². The molecular weight excluding hydrogens is 204 g/mol. The summed E-state index contributed by atoms with van der Waals surface area (Å²) in [6, 6.07) is 9.55. The van der Waals surface area contributed by atoms with Crippen molar-refractivity contribution in [1.82, 2.24) is 0 Å². The number of cyclic esters (lactones) is 1. The van der Waals surface area contributed by atoms with E-state index >= 15 is 0 Å². The number of carbonyl (C=O) groups is 1. The molecule has 86 valence electrons. The van der Waals surface area contributed by atoms with Crippen LogP contribution in [0.2, 0.25) is 0 Å². The van der Waals surface area contributed by atoms with Crippen LogP contribution in [-0.2, 0) is 9.53 Å². The van der Waals surface area contributed by atoms with Crippen LogP contribution in [0.15, 0.2) is 30.3 Å². The van der Waals surface area contributed by atoms with Gasteiger partial charge >= 0.3 is 5.97 Å². The fourth-order valence-electron chi connectivity index (χ4n) is 2.13. The molecule has 0 saturated carbocycles. The molecule has 1 aliphatic heterocycles. The molecule has 0 amide bonds. The van der Waals surface area contributed by atoms with Gasteiger partial charge in [-0.3, -0.25) is 4.79 Å². The summed E-state index contributed by atoms with van der Waals surface area (Å²) < 4.78 is 5.37. The molecule has 0 aliphatic carbocycles. The average Bonchev–Trinajstić information content (AvgIpc) is 2.32. The maximum atomic E-state index is 11.6. The maximum absolute atomic E-state index is 11.6. The number of esters is 1. The van der Waals surface area contributed by atoms with Gasteiger partial charge in [0.25, 0.3) is 0 Å². The Balaban J connectivity index is 2.26. The summed E-state index contributed by atoms with van der Waals surface area (Å²) >= 11 is 0. The van der Waals surface area contributed by atoms with Crippen molar-refractivity contribution >= 4 is 5.97 Å². The third-order valence-electron chi connectivity index (χ3n) is 3.27. The van der Waals surface area contributed by atoms with Crippen LogP contribution in [0.3, 0.4) is 0 Å². The standard InChI is InChI=1S/C13H16O3/c1-8-11(14)9(2)13(15)16-12(8)10-6-4-3-5-7-10/h3-9,11-12,14H,1-2H3/t8-,9-,11-,12-/m1/s1. The van der Waals surface area contributed by atoms with Crippen molar-refractivity contribution < 1.29 is 14.6 Å². The van der Waals surface area contributed by atoms with Gasteiger partial charge in [0, 0.05) is 5.92 Å². The lowest BCUT2D eigenvalue weighted by Crippen LogP contribution is -2.42. The Hall–Kier alpha value is -1.35. The number of ether oxygens (including phenoxy) is 1. The molecule has 1 aromatic rings. The van der Waals surface area contributed by atoms with E-state index in [-0.39, 0.29) is 18.0 Å². The van der Waals surface area contributed by atoms with Crippen molar-refractivity contribution in [2.75, 3.05) is 0 Å². The van der Waals surface area contributed by atoms with Crippen LogP contribution in [0, 0.1) is 11.8 Å². The number of aliphatic hydroxyl groups is 1. The van der Waals surface area contributed by atoms with Gasteiger partial charge in [-0.25, -0.2) is 0 Å². The first-order valence-corrected chi connectivity index (χ1v) is 5.54. The van der Waals surface area contributed by atoms with Gasteiger partial charge in [-0.2, -0.15) is 0 Å². The SMILES string of the molecule is C[C@@H]1[C@@H](O)[C@@H](C)C(=O)O[C@H]1c1ccccc1. The highest BCUT2D eigenvalue weighted by molar-refractivity contribution is 5.74. The minimum Gasteiger partial charge on any atom is -0.457 e. The number of aliphatic hydroxyl groups excluding tert-OH is 1. The third-order valence-corrected chi connectivity index (χ3v) is 3.27. The van der Waals surface area contributed by atoms with Gasteiger partial charge in [-0.05, 0) is 12.5 Å². The van der Waals surface area contributed by atoms with Crippen molar-refractivity contribution in [3.63, 3.8) is 0 Å². The first-order chi connectivity index (χ1) is 7.61. The molecule has 1 saturated heterocycles. The minimum absolute atomic E-state index is 0.0740. The predicted octanol–water partition coefficient (Wildman–Crippen LogP) is 1.92. The molecule has 1 aliphatic rings. The topological polar surface area (TPSA) is 46.5 Å². The van der Waals surface area contributed by atoms with Gasteiger partial charge < -0.3 is 9.84 Å². The normalized spacial score (nSPS) is 34.6. The van der Waals surface area contributed by atoms with E-state index in [2.05, 4.69) is 0 Å². The Labute approximate surface area is 95.0 Å². The number of hydrogen-bond acceptors (Lipinski definition) is 3. The van der Waals surface area contributed by atoms with E-state index in [0.29, 0.717) is 0 Å². The van der Waals surface area contributed by atoms with Crippen LogP contribution in [0.5, 0.6) is 0 Å². The van der Waals surface area contributed by atoms with E-state index in [1.54, 1.807) is 6.92 Å². The summed E-state index contributed by atoms with van der Waals surface area (Å²) in [6.45, 7) is 3.61. The second kappa shape index (κ2) is 4.26. The van der Waals surface area contributed by atoms with Crippen LogP contribution >= 0.6 is 0 Å². The highest BCUT2D eigenvalue weighted by Crippen LogP contribution is 2.36. The number of carbonyl (C=O) groups excluding carboxylic acids is 1. The highest BCUT2D eigenvalue weighted by atomic mass is 16.5. The van der Waals surface area contributed by atoms with Gasteiger partial charge in [-0.15, -0.1) is 0 Å². The number of hydrogen-bond donors (Lipinski definition) is 1. The monoisotopic (exact) mass is 220 g/mol. The molecule has 0 bridgehead atoms. The molecule has 1 fully saturated rings. The van der Waals surface area contributed by atoms with E-state index in [1.165, 1.54) is 0 Å². The van der Waals surface area contributed by atoms with Gasteiger partial charge in [0.2, 0.25) is 0 Å². The molecule has 0 aromatic heterocycles. The average molecular weight is 220 g/mol. The first-order valence-electron chi connectivity index (χ1n) is 5.54. The first kappa shape index (κ1) is 11.1. The Bertz CT molecular complexity index is 374. The molecule has 4 atom stereocenters. The summed E-state index contributed by atoms with van der Waals surface area (Å²) in [6.07, 6.45) is -0.966. The zero-order chi connectivity index (χ0) is 11.7. The fraction of sp³-hybridized carbons (Fsp3) is 0.462. The van der Waals surface area contributed by atoms with Crippen molar-refractivity contribution in [3.8, 4) is 0 Å². The van der Waals surface area contributed by atoms with Crippen LogP contribution < -0.4 is 0 Å². The zero-order valence-electron chi connectivity index (χ0n) is 9.46. The summed E-state index contributed by atoms with van der Waals surface area (Å²) in [5.74, 6) is -0.829. The van der Waals surface area contributed by atoms with Crippen molar-refractivity contribution in [2.24, 2.45) is 11.8 Å². The van der Waals surface area contributed by atoms with Crippen LogP contribution in [0.25, 0.3) is 0 Å². The lowest BCUT2D eigenvalue weighted by Gasteiger charge is -2.36. The highest BCUT2D eigenvalue weighted by Gasteiger charge is 2.40. The molecule has 3 heteroatoms. The molecular formula is C13H16O3. The Morgan fingerprint density at radius 1 is 1.19 bits per heavy atom. The molecule has 3 nitrogen and oxygen atoms in total. The van der Waals surface area contributed by atoms with Gasteiger partial charge in [0.15, 0.2) is 0 Å². The molecule has 1 N–H and O–H groups in total. The van der Waals surface area contributed by atoms with E-state index in [4.69, 9.17) is 4.74 Å². The third kappa shape index (κ3) is 1.83. The van der Waals surface area contributed by atoms with Crippen molar-refractivity contribution in [3.05, 3.63) is 35.9 Å². The van der Waals surface area contributed by atoms with Crippen LogP contribution in [-0.4, -0.2) is 17.2 Å². The lowest BCUT2D eigenvalue weighted by atomic mass is 9.83. The Morgan fingerprint density at radius 2 is 1.81 bits per heavy atom. The molecule has 0 radical (unpaired) electrons. The summed E-state index contributed by atoms with van der Waals surface area (Å²) in [4.78, 5) is 11.6. The van der Waals surface area contributed by atoms with Crippen LogP contribution in [0.4, 0.5) is 0 Å². The largest absolute Gasteiger partial charge is 0.457 e. The zero-order valence-corrected chi connectivity index (χ0v) is 9.46. The second-order valence-electron chi connectivity index (χ2n) is 4.41. The smallest absolute Gasteiger partial charge is 0.311 e. The number of benzene rings is 1. The van der Waals surface area contributed by atoms with Crippen molar-refractivity contribution in [1.29, 1.82) is 0 Å². The quantitative estimate of drug-likeness (QED) is 0.735.